The number of imidazole rings is 1. The van der Waals surface area contributed by atoms with Crippen LogP contribution in [0.15, 0.2) is 61.1 Å². The zero-order chi connectivity index (χ0) is 30.3. The molecule has 3 rings (SSSR count). The van der Waals surface area contributed by atoms with Gasteiger partial charge in [-0.1, -0.05) is 37.3 Å². The lowest BCUT2D eigenvalue weighted by atomic mass is 9.97. The smallest absolute Gasteiger partial charge is 0.326 e. The number of carboxylic acids is 1. The summed E-state index contributed by atoms with van der Waals surface area (Å²) in [7, 11) is 0. The molecule has 2 aromatic carbocycles. The number of nitrogens with two attached hydrogens (primary N) is 1. The Balaban J connectivity index is 1.82. The fourth-order valence-corrected chi connectivity index (χ4v) is 3.81. The number of aliphatic carboxylic acids is 1. The highest BCUT2D eigenvalue weighted by molar-refractivity contribution is 5.93. The molecule has 0 saturated heterocycles. The summed E-state index contributed by atoms with van der Waals surface area (Å²) < 4.78 is 1.23. The maximum absolute atomic E-state index is 13.3. The third-order valence-corrected chi connectivity index (χ3v) is 6.47. The summed E-state index contributed by atoms with van der Waals surface area (Å²) in [6.45, 7) is 3.24. The van der Waals surface area contributed by atoms with Gasteiger partial charge in [0.25, 0.3) is 11.4 Å². The predicted molar refractivity (Wildman–Crippen MR) is 145 cm³/mol. The largest absolute Gasteiger partial charge is 0.480 e. The minimum absolute atomic E-state index is 0.0262. The number of rotatable bonds is 13. The standard InChI is InChI=1S/C26H29N7O8/c1-3-26(2,27)25(37)30-19(11-16-7-5-4-6-8-16)23(34)29-20(24(35)36)12-17-14-31(15-28-17)21-10-9-18(32(38)39)13-22(21)33(40)41/h4-10,13-15,19-20H,3,11-12,27H2,1-2H3,(H,29,34)(H,30,37)(H,35,36)/t19-,20-,26-/m0/s1. The van der Waals surface area contributed by atoms with Crippen LogP contribution in [0.1, 0.15) is 31.5 Å². The number of nitro groups is 2. The minimum Gasteiger partial charge on any atom is -0.480 e. The van der Waals surface area contributed by atoms with Gasteiger partial charge in [0.15, 0.2) is 0 Å². The number of nitrogens with zero attached hydrogens (tertiary/aromatic N) is 4. The maximum Gasteiger partial charge on any atom is 0.326 e. The second-order valence-corrected chi connectivity index (χ2v) is 9.55. The third-order valence-electron chi connectivity index (χ3n) is 6.47. The molecule has 0 fully saturated rings. The van der Waals surface area contributed by atoms with Gasteiger partial charge in [0.2, 0.25) is 11.8 Å². The summed E-state index contributed by atoms with van der Waals surface area (Å²) in [5, 5.41) is 37.4. The number of benzene rings is 2. The van der Waals surface area contributed by atoms with Crippen molar-refractivity contribution in [3.8, 4) is 5.69 Å². The molecule has 41 heavy (non-hydrogen) atoms. The first-order valence-corrected chi connectivity index (χ1v) is 12.5. The summed E-state index contributed by atoms with van der Waals surface area (Å²) >= 11 is 0. The van der Waals surface area contributed by atoms with Crippen LogP contribution in [0.3, 0.4) is 0 Å². The molecule has 5 N–H and O–H groups in total. The fourth-order valence-electron chi connectivity index (χ4n) is 3.81. The molecule has 0 spiro atoms. The molecule has 0 bridgehead atoms. The normalized spacial score (nSPS) is 13.8. The van der Waals surface area contributed by atoms with E-state index in [0.717, 1.165) is 17.7 Å². The first-order valence-electron chi connectivity index (χ1n) is 12.5. The van der Waals surface area contributed by atoms with E-state index in [1.807, 2.05) is 0 Å². The van der Waals surface area contributed by atoms with Crippen molar-refractivity contribution in [2.75, 3.05) is 0 Å². The van der Waals surface area contributed by atoms with Gasteiger partial charge < -0.3 is 21.5 Å². The van der Waals surface area contributed by atoms with E-state index in [9.17, 15) is 39.7 Å². The van der Waals surface area contributed by atoms with Crippen molar-refractivity contribution in [1.82, 2.24) is 20.2 Å². The van der Waals surface area contributed by atoms with Crippen LogP contribution >= 0.6 is 0 Å². The van der Waals surface area contributed by atoms with Crippen molar-refractivity contribution >= 4 is 29.2 Å². The van der Waals surface area contributed by atoms with Gasteiger partial charge in [-0.2, -0.15) is 0 Å². The first-order chi connectivity index (χ1) is 19.3. The van der Waals surface area contributed by atoms with Crippen molar-refractivity contribution in [1.29, 1.82) is 0 Å². The van der Waals surface area contributed by atoms with Gasteiger partial charge in [0, 0.05) is 25.1 Å². The number of carbonyl (C=O) groups is 3. The number of carbonyl (C=O) groups excluding carboxylic acids is 2. The van der Waals surface area contributed by atoms with Crippen molar-refractivity contribution in [3.05, 3.63) is 92.5 Å². The first kappa shape index (κ1) is 30.4. The summed E-state index contributed by atoms with van der Waals surface area (Å²) in [6.07, 6.45) is 2.58. The Hall–Kier alpha value is -5.18. The van der Waals surface area contributed by atoms with E-state index >= 15 is 0 Å². The van der Waals surface area contributed by atoms with Crippen molar-refractivity contribution in [2.24, 2.45) is 5.73 Å². The molecule has 3 aromatic rings. The van der Waals surface area contributed by atoms with E-state index in [1.165, 1.54) is 30.1 Å². The van der Waals surface area contributed by atoms with Crippen molar-refractivity contribution < 1.29 is 29.3 Å². The highest BCUT2D eigenvalue weighted by Crippen LogP contribution is 2.28. The molecule has 1 heterocycles. The molecule has 0 unspecified atom stereocenters. The van der Waals surface area contributed by atoms with Crippen LogP contribution in [0.25, 0.3) is 5.69 Å². The molecule has 3 atom stereocenters. The molecule has 2 amide bonds. The fraction of sp³-hybridized carbons (Fsp3) is 0.308. The molecule has 0 saturated carbocycles. The molecule has 0 aliphatic heterocycles. The Kier molecular flexibility index (Phi) is 9.47. The van der Waals surface area contributed by atoms with Gasteiger partial charge in [-0.3, -0.25) is 34.4 Å². The van der Waals surface area contributed by atoms with Crippen LogP contribution in [0.5, 0.6) is 0 Å². The number of hydrogen-bond acceptors (Lipinski definition) is 9. The number of aromatic nitrogens is 2. The lowest BCUT2D eigenvalue weighted by molar-refractivity contribution is -0.394. The quantitative estimate of drug-likeness (QED) is 0.172. The van der Waals surface area contributed by atoms with E-state index in [2.05, 4.69) is 15.6 Å². The van der Waals surface area contributed by atoms with Crippen LogP contribution in [0, 0.1) is 20.2 Å². The minimum atomic E-state index is -1.47. The second-order valence-electron chi connectivity index (χ2n) is 9.55. The van der Waals surface area contributed by atoms with Crippen LogP contribution in [0.4, 0.5) is 11.4 Å². The molecule has 0 aliphatic carbocycles. The van der Waals surface area contributed by atoms with E-state index in [0.29, 0.717) is 6.42 Å². The van der Waals surface area contributed by atoms with Gasteiger partial charge in [0.1, 0.15) is 17.8 Å². The number of carboxylic acid groups (broad SMARTS) is 1. The van der Waals surface area contributed by atoms with Crippen LogP contribution < -0.4 is 16.4 Å². The Morgan fingerprint density at radius 3 is 2.32 bits per heavy atom. The maximum atomic E-state index is 13.3. The average Bonchev–Trinajstić information content (AvgIpc) is 3.40. The number of nitro benzene ring substituents is 2. The lowest BCUT2D eigenvalue weighted by Gasteiger charge is -2.27. The topological polar surface area (TPSA) is 226 Å². The van der Waals surface area contributed by atoms with E-state index < -0.39 is 56.6 Å². The van der Waals surface area contributed by atoms with Gasteiger partial charge in [0.05, 0.1) is 33.5 Å². The molecule has 216 valence electrons. The molecule has 15 heteroatoms. The molecule has 1 aromatic heterocycles. The number of non-ortho nitro benzene ring substituents is 1. The van der Waals surface area contributed by atoms with E-state index in [1.54, 1.807) is 37.3 Å². The second kappa shape index (κ2) is 12.8. The third kappa shape index (κ3) is 7.69. The summed E-state index contributed by atoms with van der Waals surface area (Å²) in [5.41, 5.74) is 4.61. The van der Waals surface area contributed by atoms with Gasteiger partial charge >= 0.3 is 5.97 Å². The van der Waals surface area contributed by atoms with Gasteiger partial charge in [-0.15, -0.1) is 0 Å². The molecular weight excluding hydrogens is 538 g/mol. The van der Waals surface area contributed by atoms with E-state index in [-0.39, 0.29) is 24.2 Å². The Morgan fingerprint density at radius 2 is 1.73 bits per heavy atom. The number of amides is 2. The zero-order valence-corrected chi connectivity index (χ0v) is 22.2. The van der Waals surface area contributed by atoms with Crippen LogP contribution in [0.2, 0.25) is 0 Å². The monoisotopic (exact) mass is 567 g/mol. The molecule has 0 radical (unpaired) electrons. The lowest BCUT2D eigenvalue weighted by Crippen LogP contribution is -2.59. The molecule has 0 aliphatic rings. The summed E-state index contributed by atoms with van der Waals surface area (Å²) in [5.74, 6) is -2.71. The van der Waals surface area contributed by atoms with Crippen molar-refractivity contribution in [2.45, 2.75) is 50.7 Å². The van der Waals surface area contributed by atoms with Crippen LogP contribution in [-0.2, 0) is 27.2 Å². The molecular formula is C26H29N7O8. The Labute approximate surface area is 233 Å². The Bertz CT molecular complexity index is 1460. The van der Waals surface area contributed by atoms with Crippen molar-refractivity contribution in [3.63, 3.8) is 0 Å². The summed E-state index contributed by atoms with van der Waals surface area (Å²) in [4.78, 5) is 63.1. The average molecular weight is 568 g/mol. The van der Waals surface area contributed by atoms with E-state index in [4.69, 9.17) is 5.73 Å². The Morgan fingerprint density at radius 1 is 1.05 bits per heavy atom. The number of hydrogen-bond donors (Lipinski definition) is 4. The SMILES string of the molecule is CC[C@](C)(N)C(=O)N[C@@H](Cc1ccccc1)C(=O)N[C@@H](Cc1cn(-c2ccc([N+](=O)[O-])cc2[N+](=O)[O-])cn1)C(=O)O. The van der Waals surface area contributed by atoms with Gasteiger partial charge in [-0.25, -0.2) is 9.78 Å². The predicted octanol–water partition coefficient (Wildman–Crippen LogP) is 1.66. The van der Waals surface area contributed by atoms with Crippen LogP contribution in [-0.4, -0.2) is 59.9 Å². The number of nitrogens with one attached hydrogen (secondary N) is 2. The zero-order valence-electron chi connectivity index (χ0n) is 22.2. The molecule has 15 nitrogen and oxygen atoms in total. The summed E-state index contributed by atoms with van der Waals surface area (Å²) in [6, 6.07) is 9.29. The highest BCUT2D eigenvalue weighted by Gasteiger charge is 2.32. The van der Waals surface area contributed by atoms with Gasteiger partial charge in [-0.05, 0) is 25.0 Å². The highest BCUT2D eigenvalue weighted by atomic mass is 16.6.